The molecule has 1 aromatic rings. The molecule has 12 heteroatoms. The molecule has 2 aliphatic rings. The van der Waals surface area contributed by atoms with Crippen LogP contribution in [0.15, 0.2) is 23.2 Å². The molecule has 0 saturated carbocycles. The summed E-state index contributed by atoms with van der Waals surface area (Å²) in [5, 5.41) is 2.42. The molecule has 31 heavy (non-hydrogen) atoms. The van der Waals surface area contributed by atoms with Gasteiger partial charge in [0.15, 0.2) is 15.0 Å². The first-order valence-electron chi connectivity index (χ1n) is 9.54. The number of alkyl carbamates (subject to hydrolysis) is 1. The maximum absolute atomic E-state index is 13.6. The maximum Gasteiger partial charge on any atom is 0.407 e. The summed E-state index contributed by atoms with van der Waals surface area (Å²) >= 11 is 7.10. The Labute approximate surface area is 189 Å². The monoisotopic (exact) mass is 491 g/mol. The van der Waals surface area contributed by atoms with Crippen LogP contribution in [0, 0.1) is 5.82 Å². The Morgan fingerprint density at radius 2 is 2.06 bits per heavy atom. The number of nitrogens with zero attached hydrogens (tertiary/aromatic N) is 2. The Hall–Kier alpha value is -1.85. The number of aliphatic imine (C=N–C) groups is 1. The molecule has 2 atom stereocenters. The lowest BCUT2D eigenvalue weighted by Crippen LogP contribution is -2.38. The smallest absolute Gasteiger partial charge is 0.407 e. The Kier molecular flexibility index (Phi) is 6.87. The topological polar surface area (TPSA) is 105 Å². The van der Waals surface area contributed by atoms with Crippen molar-refractivity contribution in [2.75, 3.05) is 23.0 Å². The molecule has 170 valence electrons. The van der Waals surface area contributed by atoms with E-state index in [0.717, 1.165) is 0 Å². The van der Waals surface area contributed by atoms with E-state index in [1.54, 1.807) is 25.7 Å². The van der Waals surface area contributed by atoms with Crippen LogP contribution < -0.4 is 10.2 Å². The van der Waals surface area contributed by atoms with Crippen LogP contribution in [0.1, 0.15) is 27.2 Å². The summed E-state index contributed by atoms with van der Waals surface area (Å²) in [5.41, 5.74) is -0.189. The van der Waals surface area contributed by atoms with Gasteiger partial charge in [-0.25, -0.2) is 17.6 Å². The number of fused-ring (bicyclic) bond motifs is 1. The van der Waals surface area contributed by atoms with Crippen LogP contribution in [0.5, 0.6) is 0 Å². The lowest BCUT2D eigenvalue weighted by molar-refractivity contribution is -0.117. The second kappa shape index (κ2) is 8.95. The van der Waals surface area contributed by atoms with E-state index in [9.17, 15) is 22.4 Å². The summed E-state index contributed by atoms with van der Waals surface area (Å²) in [6.45, 7) is 5.23. The zero-order chi connectivity index (χ0) is 23.0. The minimum atomic E-state index is -3.23. The lowest BCUT2D eigenvalue weighted by atomic mass is 10.2. The van der Waals surface area contributed by atoms with Gasteiger partial charge in [0.2, 0.25) is 5.91 Å². The van der Waals surface area contributed by atoms with Crippen molar-refractivity contribution >= 4 is 56.1 Å². The number of anilines is 1. The molecular formula is C19H23ClFN3O5S2. The number of rotatable bonds is 4. The van der Waals surface area contributed by atoms with Gasteiger partial charge in [-0.2, -0.15) is 4.99 Å². The molecule has 0 spiro atoms. The van der Waals surface area contributed by atoms with E-state index in [1.165, 1.54) is 30.0 Å². The predicted molar refractivity (Wildman–Crippen MR) is 119 cm³/mol. The maximum atomic E-state index is 13.6. The molecule has 2 fully saturated rings. The van der Waals surface area contributed by atoms with E-state index in [1.807, 2.05) is 0 Å². The summed E-state index contributed by atoms with van der Waals surface area (Å²) in [6, 6.07) is 3.61. The molecule has 0 bridgehead atoms. The minimum absolute atomic E-state index is 0.0266. The highest BCUT2D eigenvalue weighted by molar-refractivity contribution is 8.16. The Balaban J connectivity index is 1.74. The highest BCUT2D eigenvalue weighted by atomic mass is 35.5. The van der Waals surface area contributed by atoms with Gasteiger partial charge < -0.3 is 15.0 Å². The summed E-state index contributed by atoms with van der Waals surface area (Å²) in [6.07, 6.45) is -0.694. The third kappa shape index (κ3) is 6.11. The number of carbonyl (C=O) groups is 2. The summed E-state index contributed by atoms with van der Waals surface area (Å²) in [7, 11) is -3.23. The number of benzene rings is 1. The molecule has 0 unspecified atom stereocenters. The van der Waals surface area contributed by atoms with Crippen LogP contribution >= 0.6 is 23.4 Å². The van der Waals surface area contributed by atoms with Gasteiger partial charge in [-0.05, 0) is 39.0 Å². The molecule has 3 rings (SSSR count). The number of amides is 2. The van der Waals surface area contributed by atoms with Crippen molar-refractivity contribution in [1.82, 2.24) is 5.32 Å². The van der Waals surface area contributed by atoms with Gasteiger partial charge in [-0.1, -0.05) is 23.4 Å². The van der Waals surface area contributed by atoms with E-state index in [0.29, 0.717) is 10.9 Å². The van der Waals surface area contributed by atoms with Crippen LogP contribution in [0.4, 0.5) is 14.9 Å². The quantitative estimate of drug-likeness (QED) is 0.690. The zero-order valence-corrected chi connectivity index (χ0v) is 19.6. The van der Waals surface area contributed by atoms with E-state index in [2.05, 4.69) is 10.3 Å². The van der Waals surface area contributed by atoms with Gasteiger partial charge in [0.1, 0.15) is 11.4 Å². The fourth-order valence-electron chi connectivity index (χ4n) is 3.25. The number of hydrogen-bond donors (Lipinski definition) is 1. The molecule has 0 radical (unpaired) electrons. The average Bonchev–Trinajstić information content (AvgIpc) is 3.06. The van der Waals surface area contributed by atoms with Gasteiger partial charge in [-0.3, -0.25) is 4.79 Å². The standard InChI is InChI=1S/C19H23ClFN3O5S2/c1-19(2,3)29-18(26)22-7-6-16(25)23-17-24(11-4-5-13(21)12(20)8-11)14-9-31(27,28)10-15(14)30-17/h4-5,8,14-15H,6-7,9-10H2,1-3H3,(H,22,26)/t14-,15+/m0/s1. The largest absolute Gasteiger partial charge is 0.444 e. The van der Waals surface area contributed by atoms with Gasteiger partial charge in [0.25, 0.3) is 0 Å². The van der Waals surface area contributed by atoms with Crippen molar-refractivity contribution in [2.45, 2.75) is 44.1 Å². The minimum Gasteiger partial charge on any atom is -0.444 e. The van der Waals surface area contributed by atoms with Crippen molar-refractivity contribution in [1.29, 1.82) is 0 Å². The van der Waals surface area contributed by atoms with Crippen molar-refractivity contribution < 1.29 is 27.1 Å². The Bertz CT molecular complexity index is 1030. The summed E-state index contributed by atoms with van der Waals surface area (Å²) in [4.78, 5) is 29.8. The number of sulfone groups is 1. The third-order valence-electron chi connectivity index (χ3n) is 4.48. The fourth-order valence-corrected chi connectivity index (χ4v) is 7.36. The van der Waals surface area contributed by atoms with Crippen LogP contribution in [-0.2, 0) is 19.4 Å². The summed E-state index contributed by atoms with van der Waals surface area (Å²) < 4.78 is 42.9. The molecule has 1 aromatic carbocycles. The molecule has 2 amide bonds. The molecule has 2 aliphatic heterocycles. The van der Waals surface area contributed by atoms with E-state index in [4.69, 9.17) is 16.3 Å². The molecule has 1 N–H and O–H groups in total. The number of carbonyl (C=O) groups excluding carboxylic acids is 2. The first kappa shape index (κ1) is 23.8. The van der Waals surface area contributed by atoms with Crippen molar-refractivity contribution in [3.05, 3.63) is 29.0 Å². The fraction of sp³-hybridized carbons (Fsp3) is 0.526. The first-order valence-corrected chi connectivity index (χ1v) is 12.6. The first-order chi connectivity index (χ1) is 14.3. The van der Waals surface area contributed by atoms with E-state index >= 15 is 0 Å². The summed E-state index contributed by atoms with van der Waals surface area (Å²) in [5.74, 6) is -1.20. The van der Waals surface area contributed by atoms with Gasteiger partial charge in [0, 0.05) is 23.9 Å². The number of hydrogen-bond acceptors (Lipinski definition) is 6. The predicted octanol–water partition coefficient (Wildman–Crippen LogP) is 3.00. The highest BCUT2D eigenvalue weighted by Gasteiger charge is 2.49. The van der Waals surface area contributed by atoms with Crippen LogP contribution in [-0.4, -0.2) is 60.5 Å². The van der Waals surface area contributed by atoms with E-state index < -0.39 is 39.3 Å². The van der Waals surface area contributed by atoms with Gasteiger partial charge >= 0.3 is 6.09 Å². The second-order valence-corrected chi connectivity index (χ2v) is 12.0. The number of ether oxygens (including phenoxy) is 1. The van der Waals surface area contributed by atoms with Crippen LogP contribution in [0.2, 0.25) is 5.02 Å². The van der Waals surface area contributed by atoms with Crippen LogP contribution in [0.3, 0.4) is 0 Å². The van der Waals surface area contributed by atoms with Crippen molar-refractivity contribution in [3.8, 4) is 0 Å². The lowest BCUT2D eigenvalue weighted by Gasteiger charge is -2.24. The third-order valence-corrected chi connectivity index (χ3v) is 7.97. The van der Waals surface area contributed by atoms with E-state index in [-0.39, 0.29) is 34.7 Å². The number of amidine groups is 1. The van der Waals surface area contributed by atoms with Crippen molar-refractivity contribution in [3.63, 3.8) is 0 Å². The molecule has 0 aliphatic carbocycles. The number of nitrogens with one attached hydrogen (secondary N) is 1. The number of thioether (sulfide) groups is 1. The highest BCUT2D eigenvalue weighted by Crippen LogP contribution is 2.41. The average molecular weight is 492 g/mol. The molecule has 0 aromatic heterocycles. The molecule has 2 heterocycles. The normalized spacial score (nSPS) is 23.6. The SMILES string of the molecule is CC(C)(C)OC(=O)NCCC(=O)N=C1S[C@@H]2CS(=O)(=O)C[C@@H]2N1c1ccc(F)c(Cl)c1. The second-order valence-electron chi connectivity index (χ2n) is 8.24. The molecular weight excluding hydrogens is 469 g/mol. The Morgan fingerprint density at radius 3 is 2.71 bits per heavy atom. The van der Waals surface area contributed by atoms with Crippen LogP contribution in [0.25, 0.3) is 0 Å². The molecule has 8 nitrogen and oxygen atoms in total. The van der Waals surface area contributed by atoms with Gasteiger partial charge in [0.05, 0.1) is 22.6 Å². The molecule has 2 saturated heterocycles. The number of halogens is 2. The Morgan fingerprint density at radius 1 is 1.35 bits per heavy atom. The van der Waals surface area contributed by atoms with Gasteiger partial charge in [-0.15, -0.1) is 0 Å². The zero-order valence-electron chi connectivity index (χ0n) is 17.2. The van der Waals surface area contributed by atoms with Crippen molar-refractivity contribution in [2.24, 2.45) is 4.99 Å².